The molecule has 3 aromatic rings. The van der Waals surface area contributed by atoms with Crippen LogP contribution in [0.5, 0.6) is 11.5 Å². The van der Waals surface area contributed by atoms with E-state index in [-0.39, 0.29) is 5.91 Å². The number of carbonyl (C=O) groups excluding carboxylic acids is 1. The molecule has 28 heavy (non-hydrogen) atoms. The molecule has 1 N–H and O–H groups in total. The van der Waals surface area contributed by atoms with Crippen LogP contribution in [0, 0.1) is 0 Å². The zero-order chi connectivity index (χ0) is 19.8. The Hall–Kier alpha value is -2.99. The number of rotatable bonds is 8. The first kappa shape index (κ1) is 19.8. The molecule has 3 rings (SSSR count). The van der Waals surface area contributed by atoms with Crippen molar-refractivity contribution in [1.82, 2.24) is 10.3 Å². The van der Waals surface area contributed by atoms with Gasteiger partial charge in [0.25, 0.3) is 5.91 Å². The fourth-order valence-electron chi connectivity index (χ4n) is 2.67. The maximum atomic E-state index is 12.4. The number of carbonyl (C=O) groups is 1. The molecule has 144 valence electrons. The summed E-state index contributed by atoms with van der Waals surface area (Å²) < 4.78 is 10.6. The van der Waals surface area contributed by atoms with E-state index in [1.165, 1.54) is 0 Å². The Morgan fingerprint density at radius 1 is 1.04 bits per heavy atom. The molecule has 2 aromatic carbocycles. The minimum atomic E-state index is -0.0955. The van der Waals surface area contributed by atoms with E-state index in [2.05, 4.69) is 10.3 Å². The summed E-state index contributed by atoms with van der Waals surface area (Å²) in [6.07, 6.45) is 2.44. The average molecular weight is 394 g/mol. The van der Waals surface area contributed by atoms with Gasteiger partial charge in [-0.3, -0.25) is 4.79 Å². The van der Waals surface area contributed by atoms with Crippen LogP contribution in [-0.2, 0) is 6.42 Å². The molecule has 0 spiro atoms. The molecule has 1 heterocycles. The summed E-state index contributed by atoms with van der Waals surface area (Å²) in [5, 5.41) is 3.88. The molecule has 0 fully saturated rings. The van der Waals surface area contributed by atoms with Crippen molar-refractivity contribution in [1.29, 1.82) is 0 Å². The van der Waals surface area contributed by atoms with E-state index in [0.29, 0.717) is 18.5 Å². The molecule has 1 aromatic heterocycles. The number of pyridine rings is 1. The van der Waals surface area contributed by atoms with Crippen molar-refractivity contribution in [3.63, 3.8) is 0 Å². The standard InChI is InChI=1S/C22H22N2O3S/c1-26-18-9-6-16(20(15-18)27-2)12-14-24-22(25)17-7-10-19(11-8-17)28-21-5-3-4-13-23-21/h3-11,13,15H,12,14H2,1-2H3,(H,24,25). The van der Waals surface area contributed by atoms with Gasteiger partial charge in [0.15, 0.2) is 0 Å². The summed E-state index contributed by atoms with van der Waals surface area (Å²) in [6.45, 7) is 0.520. The van der Waals surface area contributed by atoms with Gasteiger partial charge in [-0.2, -0.15) is 0 Å². The number of nitrogens with zero attached hydrogens (tertiary/aromatic N) is 1. The van der Waals surface area contributed by atoms with Gasteiger partial charge in [0.1, 0.15) is 16.5 Å². The topological polar surface area (TPSA) is 60.5 Å². The van der Waals surface area contributed by atoms with Gasteiger partial charge in [-0.1, -0.05) is 23.9 Å². The lowest BCUT2D eigenvalue weighted by Gasteiger charge is -2.11. The molecule has 0 saturated carbocycles. The first-order valence-electron chi connectivity index (χ1n) is 8.87. The number of hydrogen-bond acceptors (Lipinski definition) is 5. The Kier molecular flexibility index (Phi) is 6.92. The fraction of sp³-hybridized carbons (Fsp3) is 0.182. The Morgan fingerprint density at radius 3 is 2.54 bits per heavy atom. The van der Waals surface area contributed by atoms with Crippen LogP contribution in [-0.4, -0.2) is 31.7 Å². The van der Waals surface area contributed by atoms with Crippen LogP contribution in [0.4, 0.5) is 0 Å². The molecule has 0 bridgehead atoms. The molecule has 0 saturated heterocycles. The predicted octanol–water partition coefficient (Wildman–Crippen LogP) is 4.22. The number of aromatic nitrogens is 1. The highest BCUT2D eigenvalue weighted by molar-refractivity contribution is 7.99. The largest absolute Gasteiger partial charge is 0.497 e. The number of methoxy groups -OCH3 is 2. The van der Waals surface area contributed by atoms with E-state index in [0.717, 1.165) is 27.0 Å². The summed E-state index contributed by atoms with van der Waals surface area (Å²) >= 11 is 1.56. The van der Waals surface area contributed by atoms with Crippen LogP contribution in [0.1, 0.15) is 15.9 Å². The van der Waals surface area contributed by atoms with Gasteiger partial charge in [-0.05, 0) is 54.4 Å². The van der Waals surface area contributed by atoms with E-state index in [1.54, 1.807) is 32.2 Å². The van der Waals surface area contributed by atoms with Crippen molar-refractivity contribution in [2.24, 2.45) is 0 Å². The van der Waals surface area contributed by atoms with Crippen molar-refractivity contribution in [3.8, 4) is 11.5 Å². The number of ether oxygens (including phenoxy) is 2. The Balaban J connectivity index is 1.54. The van der Waals surface area contributed by atoms with E-state index < -0.39 is 0 Å². The molecule has 1 amide bonds. The third-order valence-corrected chi connectivity index (χ3v) is 5.11. The van der Waals surface area contributed by atoms with Gasteiger partial charge in [-0.25, -0.2) is 4.98 Å². The highest BCUT2D eigenvalue weighted by Crippen LogP contribution is 2.26. The monoisotopic (exact) mass is 394 g/mol. The van der Waals surface area contributed by atoms with Gasteiger partial charge >= 0.3 is 0 Å². The van der Waals surface area contributed by atoms with E-state index in [4.69, 9.17) is 9.47 Å². The number of amides is 1. The van der Waals surface area contributed by atoms with Crippen LogP contribution in [0.2, 0.25) is 0 Å². The van der Waals surface area contributed by atoms with Gasteiger partial charge < -0.3 is 14.8 Å². The van der Waals surface area contributed by atoms with Crippen molar-refractivity contribution in [3.05, 3.63) is 78.0 Å². The third-order valence-electron chi connectivity index (χ3n) is 4.15. The Bertz CT molecular complexity index is 915. The molecule has 6 heteroatoms. The second-order valence-corrected chi connectivity index (χ2v) is 7.07. The second-order valence-electron chi connectivity index (χ2n) is 5.98. The SMILES string of the molecule is COc1ccc(CCNC(=O)c2ccc(Sc3ccccn3)cc2)c(OC)c1. The highest BCUT2D eigenvalue weighted by Gasteiger charge is 2.08. The smallest absolute Gasteiger partial charge is 0.251 e. The molecular weight excluding hydrogens is 372 g/mol. The summed E-state index contributed by atoms with van der Waals surface area (Å²) in [5.41, 5.74) is 1.65. The molecule has 0 aliphatic rings. The maximum Gasteiger partial charge on any atom is 0.251 e. The summed E-state index contributed by atoms with van der Waals surface area (Å²) in [6, 6.07) is 19.0. The molecule has 0 atom stereocenters. The normalized spacial score (nSPS) is 10.4. The number of benzene rings is 2. The Labute approximate surface area is 169 Å². The van der Waals surface area contributed by atoms with Crippen molar-refractivity contribution in [2.45, 2.75) is 16.3 Å². The quantitative estimate of drug-likeness (QED) is 0.620. The van der Waals surface area contributed by atoms with Crippen molar-refractivity contribution < 1.29 is 14.3 Å². The summed E-state index contributed by atoms with van der Waals surface area (Å²) in [4.78, 5) is 17.7. The molecule has 5 nitrogen and oxygen atoms in total. The van der Waals surface area contributed by atoms with Crippen LogP contribution in [0.3, 0.4) is 0 Å². The Morgan fingerprint density at radius 2 is 1.86 bits per heavy atom. The van der Waals surface area contributed by atoms with Gasteiger partial charge in [0.05, 0.1) is 14.2 Å². The lowest BCUT2D eigenvalue weighted by Crippen LogP contribution is -2.25. The molecule has 0 aliphatic carbocycles. The van der Waals surface area contributed by atoms with Crippen molar-refractivity contribution in [2.75, 3.05) is 20.8 Å². The van der Waals surface area contributed by atoms with Gasteiger partial charge in [-0.15, -0.1) is 0 Å². The predicted molar refractivity (Wildman–Crippen MR) is 110 cm³/mol. The summed E-state index contributed by atoms with van der Waals surface area (Å²) in [7, 11) is 3.25. The first-order chi connectivity index (χ1) is 13.7. The minimum absolute atomic E-state index is 0.0955. The zero-order valence-electron chi connectivity index (χ0n) is 15.8. The number of nitrogens with one attached hydrogen (secondary N) is 1. The zero-order valence-corrected chi connectivity index (χ0v) is 16.7. The van der Waals surface area contributed by atoms with E-state index >= 15 is 0 Å². The van der Waals surface area contributed by atoms with Crippen LogP contribution >= 0.6 is 11.8 Å². The van der Waals surface area contributed by atoms with Crippen LogP contribution < -0.4 is 14.8 Å². The molecule has 0 unspecified atom stereocenters. The highest BCUT2D eigenvalue weighted by atomic mass is 32.2. The fourth-order valence-corrected chi connectivity index (χ4v) is 3.45. The van der Waals surface area contributed by atoms with E-state index in [9.17, 15) is 4.79 Å². The lowest BCUT2D eigenvalue weighted by atomic mass is 10.1. The molecule has 0 radical (unpaired) electrons. The van der Waals surface area contributed by atoms with E-state index in [1.807, 2.05) is 60.7 Å². The minimum Gasteiger partial charge on any atom is -0.497 e. The van der Waals surface area contributed by atoms with Gasteiger partial charge in [0, 0.05) is 29.3 Å². The first-order valence-corrected chi connectivity index (χ1v) is 9.69. The molecule has 0 aliphatic heterocycles. The average Bonchev–Trinajstić information content (AvgIpc) is 2.75. The van der Waals surface area contributed by atoms with Crippen molar-refractivity contribution >= 4 is 17.7 Å². The third kappa shape index (κ3) is 5.27. The van der Waals surface area contributed by atoms with Crippen LogP contribution in [0.25, 0.3) is 0 Å². The van der Waals surface area contributed by atoms with Gasteiger partial charge in [0.2, 0.25) is 0 Å². The number of hydrogen-bond donors (Lipinski definition) is 1. The molecular formula is C22H22N2O3S. The van der Waals surface area contributed by atoms with Crippen LogP contribution in [0.15, 0.2) is 76.8 Å². The maximum absolute atomic E-state index is 12.4. The summed E-state index contributed by atoms with van der Waals surface area (Å²) in [5.74, 6) is 1.40. The second kappa shape index (κ2) is 9.80. The lowest BCUT2D eigenvalue weighted by molar-refractivity contribution is 0.0954.